The number of hydrogen-bond acceptors (Lipinski definition) is 2. The summed E-state index contributed by atoms with van der Waals surface area (Å²) in [6.07, 6.45) is 3.23. The lowest BCUT2D eigenvalue weighted by Crippen LogP contribution is -2.48. The van der Waals surface area contributed by atoms with Crippen molar-refractivity contribution in [2.24, 2.45) is 5.92 Å². The van der Waals surface area contributed by atoms with E-state index in [-0.39, 0.29) is 11.9 Å². The van der Waals surface area contributed by atoms with Gasteiger partial charge in [-0.25, -0.2) is 0 Å². The summed E-state index contributed by atoms with van der Waals surface area (Å²) in [6, 6.07) is 0.0625. The fourth-order valence-corrected chi connectivity index (χ4v) is 1.51. The van der Waals surface area contributed by atoms with Gasteiger partial charge in [0.25, 0.3) is 0 Å². The summed E-state index contributed by atoms with van der Waals surface area (Å²) >= 11 is 0. The normalized spacial score (nSPS) is 23.3. The zero-order valence-electron chi connectivity index (χ0n) is 8.60. The fraction of sp³-hybridized carbons (Fsp3) is 0.900. The average Bonchev–Trinajstić information content (AvgIpc) is 2.08. The molecule has 0 aromatic carbocycles. The molecule has 1 amide bonds. The Labute approximate surface area is 80.3 Å². The lowest BCUT2D eigenvalue weighted by Gasteiger charge is -2.23. The predicted octanol–water partition coefficient (Wildman–Crippen LogP) is 0.901. The zero-order chi connectivity index (χ0) is 9.68. The van der Waals surface area contributed by atoms with Gasteiger partial charge in [0.2, 0.25) is 5.91 Å². The van der Waals surface area contributed by atoms with Crippen molar-refractivity contribution in [2.75, 3.05) is 13.1 Å². The molecule has 1 unspecified atom stereocenters. The van der Waals surface area contributed by atoms with E-state index >= 15 is 0 Å². The lowest BCUT2D eigenvalue weighted by molar-refractivity contribution is -0.124. The maximum atomic E-state index is 11.3. The number of piperidine rings is 1. The maximum absolute atomic E-state index is 11.3. The standard InChI is InChI=1S/C10H20N2O/c1-8(2)5-7-11-9-4-3-6-12-10(9)13/h8-9,11H,3-7H2,1-2H3,(H,12,13). The van der Waals surface area contributed by atoms with Crippen LogP contribution in [0, 0.1) is 5.92 Å². The molecule has 0 radical (unpaired) electrons. The second-order valence-electron chi connectivity index (χ2n) is 4.12. The van der Waals surface area contributed by atoms with Crippen LogP contribution in [0.3, 0.4) is 0 Å². The van der Waals surface area contributed by atoms with Crippen LogP contribution in [0.15, 0.2) is 0 Å². The number of hydrogen-bond donors (Lipinski definition) is 2. The number of carbonyl (C=O) groups is 1. The van der Waals surface area contributed by atoms with Gasteiger partial charge in [0, 0.05) is 6.54 Å². The molecule has 1 aliphatic heterocycles. The second kappa shape index (κ2) is 5.22. The van der Waals surface area contributed by atoms with Crippen molar-refractivity contribution in [3.63, 3.8) is 0 Å². The number of rotatable bonds is 4. The van der Waals surface area contributed by atoms with E-state index in [0.717, 1.165) is 32.4 Å². The van der Waals surface area contributed by atoms with Crippen LogP contribution in [0.4, 0.5) is 0 Å². The molecule has 1 fully saturated rings. The quantitative estimate of drug-likeness (QED) is 0.681. The summed E-state index contributed by atoms with van der Waals surface area (Å²) in [5.74, 6) is 0.883. The minimum atomic E-state index is 0.0625. The Morgan fingerprint density at radius 2 is 2.38 bits per heavy atom. The van der Waals surface area contributed by atoms with Crippen LogP contribution < -0.4 is 10.6 Å². The third-order valence-electron chi connectivity index (χ3n) is 2.40. The first-order valence-corrected chi connectivity index (χ1v) is 5.21. The van der Waals surface area contributed by atoms with E-state index in [4.69, 9.17) is 0 Å². The zero-order valence-corrected chi connectivity index (χ0v) is 8.60. The summed E-state index contributed by atoms with van der Waals surface area (Å²) in [6.45, 7) is 6.20. The Hall–Kier alpha value is -0.570. The third-order valence-corrected chi connectivity index (χ3v) is 2.40. The van der Waals surface area contributed by atoms with E-state index < -0.39 is 0 Å². The third kappa shape index (κ3) is 3.77. The molecule has 0 saturated carbocycles. The van der Waals surface area contributed by atoms with Crippen molar-refractivity contribution in [3.05, 3.63) is 0 Å². The van der Waals surface area contributed by atoms with Crippen LogP contribution in [-0.2, 0) is 4.79 Å². The molecule has 76 valence electrons. The first kappa shape index (κ1) is 10.5. The van der Waals surface area contributed by atoms with E-state index in [9.17, 15) is 4.79 Å². The average molecular weight is 184 g/mol. The van der Waals surface area contributed by atoms with E-state index in [1.807, 2.05) is 0 Å². The molecule has 0 aromatic rings. The minimum Gasteiger partial charge on any atom is -0.355 e. The monoisotopic (exact) mass is 184 g/mol. The Morgan fingerprint density at radius 3 is 3.00 bits per heavy atom. The van der Waals surface area contributed by atoms with Gasteiger partial charge in [-0.05, 0) is 31.7 Å². The Morgan fingerprint density at radius 1 is 1.62 bits per heavy atom. The number of nitrogens with one attached hydrogen (secondary N) is 2. The van der Waals surface area contributed by atoms with Crippen LogP contribution in [0.1, 0.15) is 33.1 Å². The Balaban J connectivity index is 2.15. The molecule has 3 nitrogen and oxygen atoms in total. The highest BCUT2D eigenvalue weighted by Crippen LogP contribution is 2.04. The van der Waals surface area contributed by atoms with Gasteiger partial charge in [0.15, 0.2) is 0 Å². The largest absolute Gasteiger partial charge is 0.355 e. The summed E-state index contributed by atoms with van der Waals surface area (Å²) in [7, 11) is 0. The molecule has 2 N–H and O–H groups in total. The van der Waals surface area contributed by atoms with Gasteiger partial charge in [-0.1, -0.05) is 13.8 Å². The maximum Gasteiger partial charge on any atom is 0.237 e. The van der Waals surface area contributed by atoms with E-state index in [0.29, 0.717) is 5.92 Å². The molecule has 0 aliphatic carbocycles. The van der Waals surface area contributed by atoms with Gasteiger partial charge in [-0.2, -0.15) is 0 Å². The molecule has 1 aliphatic rings. The summed E-state index contributed by atoms with van der Waals surface area (Å²) in [5.41, 5.74) is 0. The molecule has 1 atom stereocenters. The van der Waals surface area contributed by atoms with Crippen LogP contribution in [0.25, 0.3) is 0 Å². The van der Waals surface area contributed by atoms with E-state index in [1.165, 1.54) is 0 Å². The lowest BCUT2D eigenvalue weighted by atomic mass is 10.1. The van der Waals surface area contributed by atoms with Crippen molar-refractivity contribution in [1.82, 2.24) is 10.6 Å². The molecule has 3 heteroatoms. The molecular weight excluding hydrogens is 164 g/mol. The molecule has 0 spiro atoms. The van der Waals surface area contributed by atoms with Gasteiger partial charge in [-0.3, -0.25) is 4.79 Å². The summed E-state index contributed by atoms with van der Waals surface area (Å²) < 4.78 is 0. The van der Waals surface area contributed by atoms with Gasteiger partial charge in [0.05, 0.1) is 6.04 Å². The van der Waals surface area contributed by atoms with Gasteiger partial charge < -0.3 is 10.6 Å². The SMILES string of the molecule is CC(C)CCNC1CCCNC1=O. The summed E-state index contributed by atoms with van der Waals surface area (Å²) in [5, 5.41) is 6.16. The highest BCUT2D eigenvalue weighted by atomic mass is 16.2. The number of carbonyl (C=O) groups excluding carboxylic acids is 1. The number of amides is 1. The highest BCUT2D eigenvalue weighted by Gasteiger charge is 2.20. The molecular formula is C10H20N2O. The fourth-order valence-electron chi connectivity index (χ4n) is 1.51. The molecule has 1 heterocycles. The van der Waals surface area contributed by atoms with Crippen LogP contribution in [-0.4, -0.2) is 25.0 Å². The first-order chi connectivity index (χ1) is 6.20. The molecule has 1 saturated heterocycles. The van der Waals surface area contributed by atoms with Crippen LogP contribution >= 0.6 is 0 Å². The van der Waals surface area contributed by atoms with Crippen LogP contribution in [0.2, 0.25) is 0 Å². The van der Waals surface area contributed by atoms with Gasteiger partial charge >= 0.3 is 0 Å². The molecule has 0 aromatic heterocycles. The van der Waals surface area contributed by atoms with E-state index in [1.54, 1.807) is 0 Å². The Kier molecular flexibility index (Phi) is 4.22. The van der Waals surface area contributed by atoms with Crippen LogP contribution in [0.5, 0.6) is 0 Å². The molecule has 0 bridgehead atoms. The Bertz CT molecular complexity index is 168. The second-order valence-corrected chi connectivity index (χ2v) is 4.12. The smallest absolute Gasteiger partial charge is 0.237 e. The minimum absolute atomic E-state index is 0.0625. The summed E-state index contributed by atoms with van der Waals surface area (Å²) in [4.78, 5) is 11.3. The van der Waals surface area contributed by atoms with Gasteiger partial charge in [-0.15, -0.1) is 0 Å². The van der Waals surface area contributed by atoms with Crippen molar-refractivity contribution >= 4 is 5.91 Å². The topological polar surface area (TPSA) is 41.1 Å². The first-order valence-electron chi connectivity index (χ1n) is 5.21. The predicted molar refractivity (Wildman–Crippen MR) is 53.5 cm³/mol. The highest BCUT2D eigenvalue weighted by molar-refractivity contribution is 5.82. The van der Waals surface area contributed by atoms with Crippen molar-refractivity contribution in [2.45, 2.75) is 39.2 Å². The van der Waals surface area contributed by atoms with Crippen molar-refractivity contribution in [3.8, 4) is 0 Å². The van der Waals surface area contributed by atoms with Gasteiger partial charge in [0.1, 0.15) is 0 Å². The molecule has 13 heavy (non-hydrogen) atoms. The molecule has 1 rings (SSSR count). The van der Waals surface area contributed by atoms with E-state index in [2.05, 4.69) is 24.5 Å². The van der Waals surface area contributed by atoms with Crippen molar-refractivity contribution in [1.29, 1.82) is 0 Å². The van der Waals surface area contributed by atoms with Crippen molar-refractivity contribution < 1.29 is 4.79 Å².